The zero-order valence-corrected chi connectivity index (χ0v) is 8.89. The smallest absolute Gasteiger partial charge is 0.162 e. The topological polar surface area (TPSA) is 77.0 Å². The highest BCUT2D eigenvalue weighted by Crippen LogP contribution is 2.19. The fourth-order valence-electron chi connectivity index (χ4n) is 2.04. The predicted molar refractivity (Wildman–Crippen MR) is 56.2 cm³/mol. The van der Waals surface area contributed by atoms with Gasteiger partial charge in [-0.15, -0.1) is 10.2 Å². The van der Waals surface area contributed by atoms with Crippen molar-refractivity contribution in [1.29, 1.82) is 0 Å². The molecule has 0 spiro atoms. The molecule has 0 aliphatic carbocycles. The molecular weight excluding hydrogens is 192 g/mol. The van der Waals surface area contributed by atoms with Crippen molar-refractivity contribution >= 4 is 0 Å². The van der Waals surface area contributed by atoms with Crippen LogP contribution >= 0.6 is 0 Å². The molecule has 5 heteroatoms. The minimum Gasteiger partial charge on any atom is -0.385 e. The molecule has 84 valence electrons. The highest BCUT2D eigenvalue weighted by Gasteiger charge is 2.19. The minimum atomic E-state index is -0.561. The largest absolute Gasteiger partial charge is 0.385 e. The summed E-state index contributed by atoms with van der Waals surface area (Å²) >= 11 is 0. The fourth-order valence-corrected chi connectivity index (χ4v) is 2.04. The van der Waals surface area contributed by atoms with E-state index in [9.17, 15) is 5.11 Å². The van der Waals surface area contributed by atoms with Gasteiger partial charge in [0.15, 0.2) is 5.82 Å². The lowest BCUT2D eigenvalue weighted by atomic mass is 10.2. The standard InChI is InChI=1S/C10H18N4O/c11-6-5-8(15)10-13-12-9-4-2-1-3-7-14(9)10/h8,15H,1-7,11H2. The van der Waals surface area contributed by atoms with Crippen LogP contribution in [0.2, 0.25) is 0 Å². The average molecular weight is 210 g/mol. The Morgan fingerprint density at radius 2 is 2.20 bits per heavy atom. The summed E-state index contributed by atoms with van der Waals surface area (Å²) in [6, 6.07) is 0. The molecule has 1 atom stereocenters. The Balaban J connectivity index is 2.21. The van der Waals surface area contributed by atoms with Crippen LogP contribution in [0.15, 0.2) is 0 Å². The number of nitrogens with zero attached hydrogens (tertiary/aromatic N) is 3. The normalized spacial score (nSPS) is 18.3. The van der Waals surface area contributed by atoms with E-state index in [0.29, 0.717) is 18.8 Å². The molecule has 0 fully saturated rings. The van der Waals surface area contributed by atoms with E-state index in [1.54, 1.807) is 0 Å². The third kappa shape index (κ3) is 2.18. The third-order valence-corrected chi connectivity index (χ3v) is 2.88. The summed E-state index contributed by atoms with van der Waals surface area (Å²) < 4.78 is 2.06. The first-order valence-electron chi connectivity index (χ1n) is 5.63. The first-order valence-corrected chi connectivity index (χ1v) is 5.63. The summed E-state index contributed by atoms with van der Waals surface area (Å²) in [5.41, 5.74) is 5.43. The first-order chi connectivity index (χ1) is 7.33. The van der Waals surface area contributed by atoms with Gasteiger partial charge in [-0.3, -0.25) is 0 Å². The molecule has 2 rings (SSSR count). The zero-order valence-electron chi connectivity index (χ0n) is 8.89. The second kappa shape index (κ2) is 4.72. The van der Waals surface area contributed by atoms with Gasteiger partial charge in [-0.1, -0.05) is 6.42 Å². The van der Waals surface area contributed by atoms with Crippen LogP contribution in [-0.4, -0.2) is 26.4 Å². The summed E-state index contributed by atoms with van der Waals surface area (Å²) in [6.07, 6.45) is 4.52. The van der Waals surface area contributed by atoms with Gasteiger partial charge in [0.2, 0.25) is 0 Å². The number of aliphatic hydroxyl groups is 1. The second-order valence-electron chi connectivity index (χ2n) is 4.03. The molecule has 15 heavy (non-hydrogen) atoms. The Kier molecular flexibility index (Phi) is 3.33. The minimum absolute atomic E-state index is 0.476. The third-order valence-electron chi connectivity index (χ3n) is 2.88. The molecule has 0 amide bonds. The average Bonchev–Trinajstić information content (AvgIpc) is 2.48. The van der Waals surface area contributed by atoms with E-state index in [4.69, 9.17) is 5.73 Å². The van der Waals surface area contributed by atoms with Crippen LogP contribution < -0.4 is 5.73 Å². The number of aromatic nitrogens is 3. The summed E-state index contributed by atoms with van der Waals surface area (Å²) in [5, 5.41) is 18.1. The monoisotopic (exact) mass is 210 g/mol. The Hall–Kier alpha value is -0.940. The van der Waals surface area contributed by atoms with Crippen LogP contribution in [0.25, 0.3) is 0 Å². The van der Waals surface area contributed by atoms with Gasteiger partial charge in [-0.05, 0) is 25.8 Å². The maximum absolute atomic E-state index is 9.85. The lowest BCUT2D eigenvalue weighted by Gasteiger charge is -2.11. The Labute approximate surface area is 89.3 Å². The van der Waals surface area contributed by atoms with Gasteiger partial charge < -0.3 is 15.4 Å². The van der Waals surface area contributed by atoms with Crippen molar-refractivity contribution in [3.8, 4) is 0 Å². The van der Waals surface area contributed by atoms with Crippen LogP contribution in [0.3, 0.4) is 0 Å². The van der Waals surface area contributed by atoms with Crippen LogP contribution in [0.5, 0.6) is 0 Å². The maximum atomic E-state index is 9.85. The predicted octanol–water partition coefficient (Wildman–Crippen LogP) is 0.387. The second-order valence-corrected chi connectivity index (χ2v) is 4.03. The van der Waals surface area contributed by atoms with Crippen molar-refractivity contribution in [1.82, 2.24) is 14.8 Å². The van der Waals surface area contributed by atoms with Crippen molar-refractivity contribution in [3.05, 3.63) is 11.6 Å². The van der Waals surface area contributed by atoms with Crippen molar-refractivity contribution in [2.24, 2.45) is 5.73 Å². The van der Waals surface area contributed by atoms with Gasteiger partial charge >= 0.3 is 0 Å². The molecule has 5 nitrogen and oxygen atoms in total. The van der Waals surface area contributed by atoms with Gasteiger partial charge in [0.05, 0.1) is 0 Å². The van der Waals surface area contributed by atoms with Crippen molar-refractivity contribution in [3.63, 3.8) is 0 Å². The van der Waals surface area contributed by atoms with Gasteiger partial charge in [-0.2, -0.15) is 0 Å². The summed E-state index contributed by atoms with van der Waals surface area (Å²) in [6.45, 7) is 1.41. The van der Waals surface area contributed by atoms with Gasteiger partial charge in [-0.25, -0.2) is 0 Å². The molecule has 1 aromatic heterocycles. The zero-order chi connectivity index (χ0) is 10.7. The number of aryl methyl sites for hydroxylation is 1. The Morgan fingerprint density at radius 1 is 1.33 bits per heavy atom. The van der Waals surface area contributed by atoms with E-state index < -0.39 is 6.10 Å². The van der Waals surface area contributed by atoms with Gasteiger partial charge in [0.25, 0.3) is 0 Å². The van der Waals surface area contributed by atoms with Crippen LogP contribution in [0.1, 0.15) is 43.4 Å². The number of hydrogen-bond donors (Lipinski definition) is 2. The molecule has 1 unspecified atom stereocenters. The number of aliphatic hydroxyl groups excluding tert-OH is 1. The van der Waals surface area contributed by atoms with Crippen molar-refractivity contribution < 1.29 is 5.11 Å². The maximum Gasteiger partial charge on any atom is 0.162 e. The van der Waals surface area contributed by atoms with Crippen molar-refractivity contribution in [2.45, 2.75) is 44.8 Å². The van der Waals surface area contributed by atoms with E-state index in [1.165, 1.54) is 12.8 Å². The Bertz CT molecular complexity index is 323. The van der Waals surface area contributed by atoms with Gasteiger partial charge in [0, 0.05) is 13.0 Å². The molecule has 0 aromatic carbocycles. The molecule has 0 saturated heterocycles. The lowest BCUT2D eigenvalue weighted by molar-refractivity contribution is 0.155. The number of hydrogen-bond acceptors (Lipinski definition) is 4. The molecule has 2 heterocycles. The SMILES string of the molecule is NCCC(O)c1nnc2n1CCCCC2. The highest BCUT2D eigenvalue weighted by molar-refractivity contribution is 5.00. The molecule has 0 bridgehead atoms. The number of fused-ring (bicyclic) bond motifs is 1. The summed E-state index contributed by atoms with van der Waals surface area (Å²) in [5.74, 6) is 1.70. The molecule has 1 aromatic rings. The van der Waals surface area contributed by atoms with Crippen LogP contribution in [0, 0.1) is 0 Å². The van der Waals surface area contributed by atoms with E-state index in [-0.39, 0.29) is 0 Å². The molecule has 3 N–H and O–H groups in total. The Morgan fingerprint density at radius 3 is 3.00 bits per heavy atom. The molecule has 0 radical (unpaired) electrons. The molecular formula is C10H18N4O. The van der Waals surface area contributed by atoms with E-state index >= 15 is 0 Å². The van der Waals surface area contributed by atoms with E-state index in [2.05, 4.69) is 14.8 Å². The fraction of sp³-hybridized carbons (Fsp3) is 0.800. The van der Waals surface area contributed by atoms with E-state index in [0.717, 1.165) is 25.2 Å². The first kappa shape index (κ1) is 10.6. The number of rotatable bonds is 3. The van der Waals surface area contributed by atoms with Crippen LogP contribution in [0.4, 0.5) is 0 Å². The van der Waals surface area contributed by atoms with Crippen LogP contribution in [-0.2, 0) is 13.0 Å². The van der Waals surface area contributed by atoms with Crippen molar-refractivity contribution in [2.75, 3.05) is 6.54 Å². The molecule has 1 aliphatic heterocycles. The number of nitrogens with two attached hydrogens (primary N) is 1. The summed E-state index contributed by atoms with van der Waals surface area (Å²) in [7, 11) is 0. The molecule has 0 saturated carbocycles. The lowest BCUT2D eigenvalue weighted by Crippen LogP contribution is -2.13. The molecule has 1 aliphatic rings. The summed E-state index contributed by atoms with van der Waals surface area (Å²) in [4.78, 5) is 0. The highest BCUT2D eigenvalue weighted by atomic mass is 16.3. The quantitative estimate of drug-likeness (QED) is 0.756. The van der Waals surface area contributed by atoms with E-state index in [1.807, 2.05) is 0 Å². The van der Waals surface area contributed by atoms with Gasteiger partial charge in [0.1, 0.15) is 11.9 Å².